The van der Waals surface area contributed by atoms with Crippen molar-refractivity contribution in [3.8, 4) is 0 Å². The minimum atomic E-state index is 0.978. The lowest BCUT2D eigenvalue weighted by atomic mass is 10.4. The van der Waals surface area contributed by atoms with E-state index in [1.807, 2.05) is 17.8 Å². The van der Waals surface area contributed by atoms with Gasteiger partial charge >= 0.3 is 0 Å². The second-order valence-corrected chi connectivity index (χ2v) is 6.13. The number of thiazole rings is 1. The lowest BCUT2D eigenvalue weighted by Gasteiger charge is -2.05. The largest absolute Gasteiger partial charge is 0.327 e. The van der Waals surface area contributed by atoms with E-state index in [9.17, 15) is 0 Å². The molecule has 4 heteroatoms. The van der Waals surface area contributed by atoms with Crippen LogP contribution in [0.2, 0.25) is 0 Å². The summed E-state index contributed by atoms with van der Waals surface area (Å²) in [4.78, 5) is 1.32. The van der Waals surface area contributed by atoms with Gasteiger partial charge in [-0.05, 0) is 31.3 Å². The second-order valence-electron chi connectivity index (χ2n) is 3.46. The average Bonchev–Trinajstić information content (AvgIpc) is 2.62. The summed E-state index contributed by atoms with van der Waals surface area (Å²) >= 11 is 8.79. The molecule has 0 aliphatic carbocycles. The first-order valence-electron chi connectivity index (χ1n) is 5.10. The molecule has 0 spiro atoms. The number of aryl methyl sites for hydroxylation is 1. The van der Waals surface area contributed by atoms with E-state index < -0.39 is 0 Å². The summed E-state index contributed by atoms with van der Waals surface area (Å²) in [6.45, 7) is 3.10. The lowest BCUT2D eigenvalue weighted by molar-refractivity contribution is 0.745. The van der Waals surface area contributed by atoms with Crippen molar-refractivity contribution in [2.45, 2.75) is 18.4 Å². The normalized spacial score (nSPS) is 10.6. The van der Waals surface area contributed by atoms with E-state index in [0.29, 0.717) is 0 Å². The molecule has 2 rings (SSSR count). The third-order valence-corrected chi connectivity index (χ3v) is 4.69. The molecule has 84 valence electrons. The summed E-state index contributed by atoms with van der Waals surface area (Å²) in [5, 5.41) is 2.12. The van der Waals surface area contributed by atoms with Crippen LogP contribution in [-0.2, 0) is 6.54 Å². The van der Waals surface area contributed by atoms with Gasteiger partial charge in [-0.15, -0.1) is 23.1 Å². The van der Waals surface area contributed by atoms with Gasteiger partial charge in [-0.25, -0.2) is 0 Å². The van der Waals surface area contributed by atoms with Gasteiger partial charge in [0.25, 0.3) is 0 Å². The molecule has 0 saturated carbocycles. The number of hydrogen-bond donors (Lipinski definition) is 0. The molecule has 2 aromatic rings. The number of thioether (sulfide) groups is 1. The van der Waals surface area contributed by atoms with Crippen LogP contribution in [0, 0.1) is 10.9 Å². The summed E-state index contributed by atoms with van der Waals surface area (Å²) in [5.41, 5.74) is 1.27. The van der Waals surface area contributed by atoms with Crippen molar-refractivity contribution in [1.82, 2.24) is 4.57 Å². The zero-order valence-corrected chi connectivity index (χ0v) is 11.5. The van der Waals surface area contributed by atoms with E-state index >= 15 is 0 Å². The fourth-order valence-electron chi connectivity index (χ4n) is 1.45. The Hall–Kier alpha value is -0.580. The molecule has 1 nitrogen and oxygen atoms in total. The van der Waals surface area contributed by atoms with Gasteiger partial charge in [-0.2, -0.15) is 0 Å². The summed E-state index contributed by atoms with van der Waals surface area (Å²) < 4.78 is 3.18. The number of rotatable bonds is 4. The number of hydrogen-bond acceptors (Lipinski definition) is 3. The molecule has 1 heterocycles. The van der Waals surface area contributed by atoms with Crippen LogP contribution in [0.15, 0.2) is 40.6 Å². The lowest BCUT2D eigenvalue weighted by Crippen LogP contribution is -2.01. The standard InChI is InChI=1S/C12H13NS3/c1-10-9-16-12(14)13(10)7-8-15-11-5-3-2-4-6-11/h2-6,9H,7-8H2,1H3. The molecule has 0 bridgehead atoms. The maximum atomic E-state index is 5.28. The summed E-state index contributed by atoms with van der Waals surface area (Å²) in [6.07, 6.45) is 0. The van der Waals surface area contributed by atoms with Crippen molar-refractivity contribution in [2.24, 2.45) is 0 Å². The molecule has 0 unspecified atom stereocenters. The molecule has 1 aromatic heterocycles. The predicted molar refractivity (Wildman–Crippen MR) is 75.0 cm³/mol. The Kier molecular flexibility index (Phi) is 4.21. The molecule has 0 saturated heterocycles. The second kappa shape index (κ2) is 5.66. The van der Waals surface area contributed by atoms with Crippen molar-refractivity contribution < 1.29 is 0 Å². The van der Waals surface area contributed by atoms with E-state index in [2.05, 4.69) is 41.1 Å². The molecular weight excluding hydrogens is 254 g/mol. The Morgan fingerprint density at radius 2 is 2.06 bits per heavy atom. The number of benzene rings is 1. The van der Waals surface area contributed by atoms with Gasteiger partial charge in [0.15, 0.2) is 3.95 Å². The minimum Gasteiger partial charge on any atom is -0.327 e. The molecule has 0 fully saturated rings. The van der Waals surface area contributed by atoms with Gasteiger partial charge in [-0.1, -0.05) is 18.2 Å². The van der Waals surface area contributed by atoms with Crippen LogP contribution in [-0.4, -0.2) is 10.3 Å². The highest BCUT2D eigenvalue weighted by atomic mass is 32.2. The Balaban J connectivity index is 1.92. The van der Waals surface area contributed by atoms with E-state index in [4.69, 9.17) is 12.2 Å². The van der Waals surface area contributed by atoms with E-state index in [0.717, 1.165) is 16.3 Å². The molecule has 16 heavy (non-hydrogen) atoms. The van der Waals surface area contributed by atoms with Crippen LogP contribution in [0.1, 0.15) is 5.69 Å². The zero-order valence-electron chi connectivity index (χ0n) is 9.05. The quantitative estimate of drug-likeness (QED) is 0.598. The van der Waals surface area contributed by atoms with Gasteiger partial charge in [-0.3, -0.25) is 0 Å². The fourth-order valence-corrected chi connectivity index (χ4v) is 3.45. The predicted octanol–water partition coefficient (Wildman–Crippen LogP) is 4.38. The highest BCUT2D eigenvalue weighted by Gasteiger charge is 1.99. The van der Waals surface area contributed by atoms with E-state index in [1.165, 1.54) is 10.6 Å². The van der Waals surface area contributed by atoms with Gasteiger partial charge in [0.1, 0.15) is 0 Å². The van der Waals surface area contributed by atoms with Crippen molar-refractivity contribution in [1.29, 1.82) is 0 Å². The van der Waals surface area contributed by atoms with Crippen LogP contribution < -0.4 is 0 Å². The third kappa shape index (κ3) is 2.97. The highest BCUT2D eigenvalue weighted by Crippen LogP contribution is 2.18. The zero-order chi connectivity index (χ0) is 11.4. The molecule has 1 aromatic carbocycles. The van der Waals surface area contributed by atoms with E-state index in [-0.39, 0.29) is 0 Å². The topological polar surface area (TPSA) is 4.93 Å². The van der Waals surface area contributed by atoms with Crippen molar-refractivity contribution in [2.75, 3.05) is 5.75 Å². The van der Waals surface area contributed by atoms with Crippen LogP contribution in [0.5, 0.6) is 0 Å². The smallest absolute Gasteiger partial charge is 0.161 e. The Labute approximate surface area is 109 Å². The van der Waals surface area contributed by atoms with Crippen LogP contribution >= 0.6 is 35.3 Å². The van der Waals surface area contributed by atoms with Crippen molar-refractivity contribution >= 4 is 35.3 Å². The SMILES string of the molecule is Cc1csc(=S)n1CCSc1ccccc1. The first-order chi connectivity index (χ1) is 7.77. The monoisotopic (exact) mass is 267 g/mol. The van der Waals surface area contributed by atoms with Gasteiger partial charge in [0.05, 0.1) is 0 Å². The summed E-state index contributed by atoms with van der Waals surface area (Å²) in [6, 6.07) is 10.5. The van der Waals surface area contributed by atoms with E-state index in [1.54, 1.807) is 11.3 Å². The average molecular weight is 267 g/mol. The molecule has 0 amide bonds. The molecule has 0 aliphatic heterocycles. The summed E-state index contributed by atoms with van der Waals surface area (Å²) in [5.74, 6) is 1.07. The first kappa shape index (κ1) is 11.9. The van der Waals surface area contributed by atoms with Gasteiger partial charge in [0, 0.05) is 28.3 Å². The Morgan fingerprint density at radius 1 is 1.31 bits per heavy atom. The first-order valence-corrected chi connectivity index (χ1v) is 7.37. The van der Waals surface area contributed by atoms with Gasteiger partial charge in [0.2, 0.25) is 0 Å². The van der Waals surface area contributed by atoms with Crippen LogP contribution in [0.25, 0.3) is 0 Å². The summed E-state index contributed by atoms with van der Waals surface area (Å²) in [7, 11) is 0. The molecule has 0 aliphatic rings. The molecule has 0 N–H and O–H groups in total. The fraction of sp³-hybridized carbons (Fsp3) is 0.250. The van der Waals surface area contributed by atoms with Crippen LogP contribution in [0.4, 0.5) is 0 Å². The minimum absolute atomic E-state index is 0.978. The Bertz CT molecular complexity index is 498. The third-order valence-electron chi connectivity index (χ3n) is 2.30. The van der Waals surface area contributed by atoms with Gasteiger partial charge < -0.3 is 4.57 Å². The molecule has 0 atom stereocenters. The Morgan fingerprint density at radius 3 is 2.69 bits per heavy atom. The van der Waals surface area contributed by atoms with Crippen molar-refractivity contribution in [3.63, 3.8) is 0 Å². The van der Waals surface area contributed by atoms with Crippen molar-refractivity contribution in [3.05, 3.63) is 45.4 Å². The maximum absolute atomic E-state index is 5.28. The molecular formula is C12H13NS3. The number of nitrogens with zero attached hydrogens (tertiary/aromatic N) is 1. The highest BCUT2D eigenvalue weighted by molar-refractivity contribution is 7.99. The number of aromatic nitrogens is 1. The van der Waals surface area contributed by atoms with Crippen LogP contribution in [0.3, 0.4) is 0 Å². The molecule has 0 radical (unpaired) electrons. The maximum Gasteiger partial charge on any atom is 0.161 e.